The highest BCUT2D eigenvalue weighted by Crippen LogP contribution is 2.23. The van der Waals surface area contributed by atoms with Crippen LogP contribution in [0.2, 0.25) is 0 Å². The molecule has 1 amide bonds. The monoisotopic (exact) mass is 353 g/mol. The second-order valence-electron chi connectivity index (χ2n) is 6.88. The summed E-state index contributed by atoms with van der Waals surface area (Å²) in [6.45, 7) is 1.06. The van der Waals surface area contributed by atoms with Gasteiger partial charge in [-0.1, -0.05) is 30.3 Å². The van der Waals surface area contributed by atoms with Gasteiger partial charge in [-0.05, 0) is 56.7 Å². The maximum Gasteiger partial charge on any atom is 0.250 e. The van der Waals surface area contributed by atoms with Crippen LogP contribution in [0.5, 0.6) is 5.88 Å². The number of aromatic nitrogens is 1. The maximum absolute atomic E-state index is 11.1. The van der Waals surface area contributed by atoms with E-state index >= 15 is 0 Å². The summed E-state index contributed by atoms with van der Waals surface area (Å²) in [4.78, 5) is 15.2. The van der Waals surface area contributed by atoms with Gasteiger partial charge in [-0.25, -0.2) is 4.98 Å². The molecule has 2 aromatic rings. The lowest BCUT2D eigenvalue weighted by molar-refractivity contribution is 0.0999. The Morgan fingerprint density at radius 1 is 1.12 bits per heavy atom. The molecule has 1 aromatic carbocycles. The number of ether oxygens (including phenoxy) is 1. The number of rotatable bonds is 8. The molecular formula is C21H27N3O2. The molecule has 1 fully saturated rings. The van der Waals surface area contributed by atoms with Crippen LogP contribution in [0.4, 0.5) is 0 Å². The fourth-order valence-corrected chi connectivity index (χ4v) is 3.39. The SMILES string of the molecule is NC(=O)c1ccc(OC2CCC(NCCCc3ccccc3)CC2)nc1. The minimum atomic E-state index is -0.470. The van der Waals surface area contributed by atoms with E-state index in [1.54, 1.807) is 12.1 Å². The molecule has 138 valence electrons. The summed E-state index contributed by atoms with van der Waals surface area (Å²) in [5, 5.41) is 3.67. The Kier molecular flexibility index (Phi) is 6.61. The number of hydrogen-bond donors (Lipinski definition) is 2. The van der Waals surface area contributed by atoms with E-state index in [9.17, 15) is 4.79 Å². The number of aryl methyl sites for hydroxylation is 1. The van der Waals surface area contributed by atoms with Crippen molar-refractivity contribution in [3.8, 4) is 5.88 Å². The van der Waals surface area contributed by atoms with Gasteiger partial charge in [0, 0.05) is 18.3 Å². The largest absolute Gasteiger partial charge is 0.474 e. The summed E-state index contributed by atoms with van der Waals surface area (Å²) >= 11 is 0. The van der Waals surface area contributed by atoms with Crippen LogP contribution < -0.4 is 15.8 Å². The number of primary amides is 1. The van der Waals surface area contributed by atoms with Gasteiger partial charge in [-0.15, -0.1) is 0 Å². The van der Waals surface area contributed by atoms with Crippen molar-refractivity contribution in [3.63, 3.8) is 0 Å². The number of amides is 1. The van der Waals surface area contributed by atoms with Crippen molar-refractivity contribution in [2.24, 2.45) is 5.73 Å². The first-order valence-corrected chi connectivity index (χ1v) is 9.40. The fourth-order valence-electron chi connectivity index (χ4n) is 3.39. The predicted molar refractivity (Wildman–Crippen MR) is 102 cm³/mol. The molecule has 0 aliphatic heterocycles. The minimum absolute atomic E-state index is 0.198. The second kappa shape index (κ2) is 9.34. The number of carbonyl (C=O) groups excluding carboxylic acids is 1. The van der Waals surface area contributed by atoms with Crippen molar-refractivity contribution in [2.75, 3.05) is 6.54 Å². The lowest BCUT2D eigenvalue weighted by Crippen LogP contribution is -2.36. The van der Waals surface area contributed by atoms with Crippen LogP contribution in [0.3, 0.4) is 0 Å². The Bertz CT molecular complexity index is 680. The molecule has 1 heterocycles. The van der Waals surface area contributed by atoms with Gasteiger partial charge in [0.2, 0.25) is 11.8 Å². The molecule has 0 unspecified atom stereocenters. The first-order chi connectivity index (χ1) is 12.7. The quantitative estimate of drug-likeness (QED) is 0.715. The summed E-state index contributed by atoms with van der Waals surface area (Å²) in [7, 11) is 0. The van der Waals surface area contributed by atoms with Gasteiger partial charge in [0.15, 0.2) is 0 Å². The van der Waals surface area contributed by atoms with Crippen LogP contribution in [0, 0.1) is 0 Å². The average molecular weight is 353 g/mol. The van der Waals surface area contributed by atoms with Gasteiger partial charge in [0.25, 0.3) is 0 Å². The third-order valence-corrected chi connectivity index (χ3v) is 4.90. The molecule has 26 heavy (non-hydrogen) atoms. The molecule has 0 radical (unpaired) electrons. The van der Waals surface area contributed by atoms with Crippen LogP contribution in [0.15, 0.2) is 48.7 Å². The zero-order valence-corrected chi connectivity index (χ0v) is 15.1. The van der Waals surface area contributed by atoms with E-state index in [-0.39, 0.29) is 6.10 Å². The van der Waals surface area contributed by atoms with Crippen molar-refractivity contribution >= 4 is 5.91 Å². The number of nitrogens with zero attached hydrogens (tertiary/aromatic N) is 1. The Morgan fingerprint density at radius 2 is 1.88 bits per heavy atom. The molecule has 0 atom stereocenters. The number of nitrogens with one attached hydrogen (secondary N) is 1. The lowest BCUT2D eigenvalue weighted by Gasteiger charge is -2.29. The summed E-state index contributed by atoms with van der Waals surface area (Å²) in [5.41, 5.74) is 7.03. The zero-order chi connectivity index (χ0) is 18.2. The van der Waals surface area contributed by atoms with E-state index in [0.29, 0.717) is 17.5 Å². The predicted octanol–water partition coefficient (Wildman–Crippen LogP) is 3.09. The van der Waals surface area contributed by atoms with Crippen LogP contribution in [0.1, 0.15) is 48.0 Å². The van der Waals surface area contributed by atoms with E-state index in [4.69, 9.17) is 10.5 Å². The molecule has 3 rings (SSSR count). The van der Waals surface area contributed by atoms with E-state index in [1.807, 2.05) is 0 Å². The van der Waals surface area contributed by atoms with Gasteiger partial charge in [-0.3, -0.25) is 4.79 Å². The molecule has 1 aromatic heterocycles. The Balaban J connectivity index is 1.33. The van der Waals surface area contributed by atoms with Crippen LogP contribution >= 0.6 is 0 Å². The van der Waals surface area contributed by atoms with Crippen LogP contribution in [-0.4, -0.2) is 29.6 Å². The normalized spacial score (nSPS) is 19.8. The molecule has 3 N–H and O–H groups in total. The molecule has 1 aliphatic rings. The van der Waals surface area contributed by atoms with Gasteiger partial charge in [0.05, 0.1) is 5.56 Å². The molecule has 0 bridgehead atoms. The summed E-state index contributed by atoms with van der Waals surface area (Å²) in [6.07, 6.45) is 8.24. The van der Waals surface area contributed by atoms with Crippen LogP contribution in [-0.2, 0) is 6.42 Å². The number of pyridine rings is 1. The van der Waals surface area contributed by atoms with E-state index < -0.39 is 5.91 Å². The standard InChI is InChI=1S/C21H27N3O2/c22-21(25)17-8-13-20(24-15-17)26-19-11-9-18(10-12-19)23-14-4-7-16-5-2-1-3-6-16/h1-3,5-6,8,13,15,18-19,23H,4,7,9-12,14H2,(H2,22,25). The van der Waals surface area contributed by atoms with Crippen molar-refractivity contribution in [3.05, 3.63) is 59.8 Å². The molecule has 5 nitrogen and oxygen atoms in total. The Morgan fingerprint density at radius 3 is 2.54 bits per heavy atom. The third-order valence-electron chi connectivity index (χ3n) is 4.90. The first-order valence-electron chi connectivity index (χ1n) is 9.40. The smallest absolute Gasteiger partial charge is 0.250 e. The fraction of sp³-hybridized carbons (Fsp3) is 0.429. The molecule has 0 saturated heterocycles. The number of carbonyl (C=O) groups is 1. The molecule has 1 aliphatic carbocycles. The van der Waals surface area contributed by atoms with Crippen molar-refractivity contribution in [1.82, 2.24) is 10.3 Å². The molecule has 1 saturated carbocycles. The highest BCUT2D eigenvalue weighted by Gasteiger charge is 2.22. The lowest BCUT2D eigenvalue weighted by atomic mass is 9.93. The highest BCUT2D eigenvalue weighted by atomic mass is 16.5. The van der Waals surface area contributed by atoms with Gasteiger partial charge in [-0.2, -0.15) is 0 Å². The number of benzene rings is 1. The van der Waals surface area contributed by atoms with Crippen LogP contribution in [0.25, 0.3) is 0 Å². The van der Waals surface area contributed by atoms with Gasteiger partial charge in [0.1, 0.15) is 6.10 Å². The van der Waals surface area contributed by atoms with Gasteiger partial charge >= 0.3 is 0 Å². The average Bonchev–Trinajstić information content (AvgIpc) is 2.68. The highest BCUT2D eigenvalue weighted by molar-refractivity contribution is 5.92. The van der Waals surface area contributed by atoms with Crippen molar-refractivity contribution in [1.29, 1.82) is 0 Å². The van der Waals surface area contributed by atoms with E-state index in [1.165, 1.54) is 11.8 Å². The zero-order valence-electron chi connectivity index (χ0n) is 15.1. The summed E-state index contributed by atoms with van der Waals surface area (Å²) in [5.74, 6) is 0.0946. The Hall–Kier alpha value is -2.40. The summed E-state index contributed by atoms with van der Waals surface area (Å²) in [6, 6.07) is 14.6. The first kappa shape index (κ1) is 18.4. The number of hydrogen-bond acceptors (Lipinski definition) is 4. The third kappa shape index (κ3) is 5.56. The molecular weight excluding hydrogens is 326 g/mol. The van der Waals surface area contributed by atoms with E-state index in [2.05, 4.69) is 40.6 Å². The van der Waals surface area contributed by atoms with Crippen molar-refractivity contribution in [2.45, 2.75) is 50.7 Å². The molecule has 5 heteroatoms. The topological polar surface area (TPSA) is 77.2 Å². The van der Waals surface area contributed by atoms with Crippen molar-refractivity contribution < 1.29 is 9.53 Å². The number of nitrogens with two attached hydrogens (primary N) is 1. The second-order valence-corrected chi connectivity index (χ2v) is 6.88. The Labute approximate surface area is 155 Å². The minimum Gasteiger partial charge on any atom is -0.474 e. The summed E-state index contributed by atoms with van der Waals surface area (Å²) < 4.78 is 5.93. The van der Waals surface area contributed by atoms with E-state index in [0.717, 1.165) is 45.1 Å². The maximum atomic E-state index is 11.1. The van der Waals surface area contributed by atoms with Gasteiger partial charge < -0.3 is 15.8 Å². The molecule has 0 spiro atoms.